The van der Waals surface area contributed by atoms with E-state index in [0.29, 0.717) is 23.5 Å². The number of benzene rings is 2. The molecule has 1 unspecified atom stereocenters. The number of hydrazone groups is 1. The Hall–Kier alpha value is -3.10. The van der Waals surface area contributed by atoms with E-state index >= 15 is 0 Å². The second-order valence-corrected chi connectivity index (χ2v) is 5.98. The van der Waals surface area contributed by atoms with Crippen LogP contribution in [0.1, 0.15) is 12.5 Å². The van der Waals surface area contributed by atoms with Gasteiger partial charge in [-0.2, -0.15) is 5.10 Å². The highest BCUT2D eigenvalue weighted by molar-refractivity contribution is 6.04. The number of halogens is 4. The molecule has 0 fully saturated rings. The van der Waals surface area contributed by atoms with Crippen molar-refractivity contribution in [2.45, 2.75) is 13.3 Å². The molecule has 0 saturated carbocycles. The highest BCUT2D eigenvalue weighted by atomic mass is 19.4. The van der Waals surface area contributed by atoms with Gasteiger partial charge in [0.05, 0.1) is 12.3 Å². The van der Waals surface area contributed by atoms with Crippen LogP contribution in [0.2, 0.25) is 0 Å². The zero-order valence-electron chi connectivity index (χ0n) is 14.1. The number of ether oxygens (including phenoxy) is 1. The van der Waals surface area contributed by atoms with Gasteiger partial charge in [0, 0.05) is 11.6 Å². The van der Waals surface area contributed by atoms with Crippen LogP contribution in [-0.4, -0.2) is 29.7 Å². The normalized spacial score (nSPS) is 16.9. The molecular weight excluding hydrogens is 366 g/mol. The number of amides is 2. The summed E-state index contributed by atoms with van der Waals surface area (Å²) in [4.78, 5) is 12.3. The second-order valence-electron chi connectivity index (χ2n) is 5.98. The molecule has 0 saturated heterocycles. The number of hydrogen-bond donors (Lipinski definition) is 1. The van der Waals surface area contributed by atoms with Crippen LogP contribution in [0.25, 0.3) is 0 Å². The fourth-order valence-electron chi connectivity index (χ4n) is 2.63. The van der Waals surface area contributed by atoms with E-state index in [4.69, 9.17) is 0 Å². The van der Waals surface area contributed by atoms with Crippen LogP contribution in [0.5, 0.6) is 5.75 Å². The Balaban J connectivity index is 1.67. The molecule has 0 spiro atoms. The van der Waals surface area contributed by atoms with Crippen molar-refractivity contribution < 1.29 is 27.1 Å². The first-order chi connectivity index (χ1) is 12.7. The van der Waals surface area contributed by atoms with E-state index in [1.807, 2.05) is 6.92 Å². The van der Waals surface area contributed by atoms with Crippen molar-refractivity contribution in [3.05, 3.63) is 59.9 Å². The Bertz CT molecular complexity index is 848. The van der Waals surface area contributed by atoms with Gasteiger partial charge in [0.2, 0.25) is 0 Å². The molecule has 142 valence electrons. The summed E-state index contributed by atoms with van der Waals surface area (Å²) in [5.41, 5.74) is 1.67. The molecule has 2 amide bonds. The predicted molar refractivity (Wildman–Crippen MR) is 91.0 cm³/mol. The van der Waals surface area contributed by atoms with Gasteiger partial charge >= 0.3 is 12.4 Å². The molecule has 27 heavy (non-hydrogen) atoms. The molecule has 1 heterocycles. The first-order valence-electron chi connectivity index (χ1n) is 8.00. The third-order valence-corrected chi connectivity index (χ3v) is 3.86. The topological polar surface area (TPSA) is 53.9 Å². The molecule has 1 aliphatic rings. The first kappa shape index (κ1) is 18.7. The van der Waals surface area contributed by atoms with Crippen LogP contribution < -0.4 is 10.1 Å². The van der Waals surface area contributed by atoms with E-state index in [2.05, 4.69) is 15.2 Å². The van der Waals surface area contributed by atoms with Gasteiger partial charge in [0.1, 0.15) is 11.6 Å². The summed E-state index contributed by atoms with van der Waals surface area (Å²) >= 11 is 0. The van der Waals surface area contributed by atoms with Crippen molar-refractivity contribution >= 4 is 17.4 Å². The minimum absolute atomic E-state index is 0.0521. The summed E-state index contributed by atoms with van der Waals surface area (Å²) in [6.45, 7) is 2.21. The Morgan fingerprint density at radius 3 is 2.37 bits per heavy atom. The molecule has 2 aromatic rings. The Labute approximate surface area is 152 Å². The van der Waals surface area contributed by atoms with Crippen molar-refractivity contribution in [2.75, 3.05) is 11.9 Å². The van der Waals surface area contributed by atoms with Gasteiger partial charge in [0.15, 0.2) is 0 Å². The maximum Gasteiger partial charge on any atom is 0.573 e. The molecule has 3 rings (SSSR count). The highest BCUT2D eigenvalue weighted by Crippen LogP contribution is 2.25. The van der Waals surface area contributed by atoms with Crippen LogP contribution in [0.4, 0.5) is 28.0 Å². The van der Waals surface area contributed by atoms with Gasteiger partial charge in [0.25, 0.3) is 0 Å². The second kappa shape index (κ2) is 7.26. The zero-order valence-corrected chi connectivity index (χ0v) is 14.1. The number of alkyl halides is 3. The van der Waals surface area contributed by atoms with Crippen molar-refractivity contribution in [2.24, 2.45) is 11.0 Å². The van der Waals surface area contributed by atoms with Crippen LogP contribution >= 0.6 is 0 Å². The van der Waals surface area contributed by atoms with Crippen molar-refractivity contribution in [1.29, 1.82) is 0 Å². The molecule has 9 heteroatoms. The minimum atomic E-state index is -4.78. The zero-order chi connectivity index (χ0) is 19.6. The highest BCUT2D eigenvalue weighted by Gasteiger charge is 2.31. The van der Waals surface area contributed by atoms with Gasteiger partial charge in [-0.3, -0.25) is 0 Å². The van der Waals surface area contributed by atoms with Crippen molar-refractivity contribution in [3.8, 4) is 5.75 Å². The van der Waals surface area contributed by atoms with Crippen LogP contribution in [-0.2, 0) is 0 Å². The monoisotopic (exact) mass is 381 g/mol. The third kappa shape index (κ3) is 4.75. The fraction of sp³-hybridized carbons (Fsp3) is 0.222. The molecule has 1 atom stereocenters. The maximum absolute atomic E-state index is 13.1. The molecule has 0 aliphatic carbocycles. The standard InChI is InChI=1S/C18H15F4N3O2/c1-11-10-25(24-16(11)12-2-4-13(19)5-3-12)17(26)23-14-6-8-15(9-7-14)27-18(20,21)22/h2-9,11H,10H2,1H3,(H,23,26). The number of rotatable bonds is 3. The van der Waals surface area contributed by atoms with Gasteiger partial charge < -0.3 is 10.1 Å². The molecule has 0 bridgehead atoms. The number of carbonyl (C=O) groups excluding carboxylic acids is 1. The lowest BCUT2D eigenvalue weighted by molar-refractivity contribution is -0.274. The van der Waals surface area contributed by atoms with Crippen LogP contribution in [0, 0.1) is 11.7 Å². The van der Waals surface area contributed by atoms with Gasteiger partial charge in [-0.15, -0.1) is 13.2 Å². The van der Waals surface area contributed by atoms with E-state index in [0.717, 1.165) is 12.1 Å². The van der Waals surface area contributed by atoms with E-state index < -0.39 is 12.4 Å². The van der Waals surface area contributed by atoms with E-state index in [1.165, 1.54) is 29.3 Å². The predicted octanol–water partition coefficient (Wildman–Crippen LogP) is 4.61. The quantitative estimate of drug-likeness (QED) is 0.790. The lowest BCUT2D eigenvalue weighted by Crippen LogP contribution is -2.30. The lowest BCUT2D eigenvalue weighted by Gasteiger charge is -2.14. The van der Waals surface area contributed by atoms with Gasteiger partial charge in [-0.05, 0) is 42.0 Å². The molecule has 0 radical (unpaired) electrons. The van der Waals surface area contributed by atoms with Crippen molar-refractivity contribution in [1.82, 2.24) is 5.01 Å². The van der Waals surface area contributed by atoms with Crippen molar-refractivity contribution in [3.63, 3.8) is 0 Å². The van der Waals surface area contributed by atoms with Gasteiger partial charge in [-0.25, -0.2) is 14.2 Å². The van der Waals surface area contributed by atoms with E-state index in [1.54, 1.807) is 12.1 Å². The molecule has 5 nitrogen and oxygen atoms in total. The lowest BCUT2D eigenvalue weighted by atomic mass is 9.99. The average Bonchev–Trinajstić information content (AvgIpc) is 2.98. The summed E-state index contributed by atoms with van der Waals surface area (Å²) < 4.78 is 53.3. The summed E-state index contributed by atoms with van der Waals surface area (Å²) in [6, 6.07) is 10.1. The van der Waals surface area contributed by atoms with Gasteiger partial charge in [-0.1, -0.05) is 19.1 Å². The summed E-state index contributed by atoms with van der Waals surface area (Å²) in [6.07, 6.45) is -4.78. The first-order valence-corrected chi connectivity index (χ1v) is 8.00. The largest absolute Gasteiger partial charge is 0.573 e. The van der Waals surface area contributed by atoms with Crippen LogP contribution in [0.3, 0.4) is 0 Å². The van der Waals surface area contributed by atoms with E-state index in [-0.39, 0.29) is 17.5 Å². The minimum Gasteiger partial charge on any atom is -0.406 e. The third-order valence-electron chi connectivity index (χ3n) is 3.86. The Kier molecular flexibility index (Phi) is 5.02. The number of nitrogens with zero attached hydrogens (tertiary/aromatic N) is 2. The average molecular weight is 381 g/mol. The number of urea groups is 1. The number of nitrogens with one attached hydrogen (secondary N) is 1. The molecular formula is C18H15F4N3O2. The Morgan fingerprint density at radius 1 is 1.15 bits per heavy atom. The molecule has 2 aromatic carbocycles. The smallest absolute Gasteiger partial charge is 0.406 e. The molecule has 1 N–H and O–H groups in total. The summed E-state index contributed by atoms with van der Waals surface area (Å²) in [5.74, 6) is -0.798. The number of hydrogen-bond acceptors (Lipinski definition) is 3. The SMILES string of the molecule is CC1CN(C(=O)Nc2ccc(OC(F)(F)F)cc2)N=C1c1ccc(F)cc1. The molecule has 0 aromatic heterocycles. The number of carbonyl (C=O) groups is 1. The maximum atomic E-state index is 13.1. The summed E-state index contributed by atoms with van der Waals surface area (Å²) in [5, 5.41) is 8.06. The fourth-order valence-corrected chi connectivity index (χ4v) is 2.63. The number of anilines is 1. The summed E-state index contributed by atoms with van der Waals surface area (Å²) in [7, 11) is 0. The van der Waals surface area contributed by atoms with Crippen LogP contribution in [0.15, 0.2) is 53.6 Å². The van der Waals surface area contributed by atoms with E-state index in [9.17, 15) is 22.4 Å². The Morgan fingerprint density at radius 2 is 1.78 bits per heavy atom. The molecule has 1 aliphatic heterocycles.